The van der Waals surface area contributed by atoms with Gasteiger partial charge in [0.25, 0.3) is 5.91 Å². The van der Waals surface area contributed by atoms with Gasteiger partial charge in [-0.15, -0.1) is 0 Å². The van der Waals surface area contributed by atoms with E-state index in [-0.39, 0.29) is 23.7 Å². The molecule has 0 spiro atoms. The first-order chi connectivity index (χ1) is 19.2. The smallest absolute Gasteiger partial charge is 0.387 e. The van der Waals surface area contributed by atoms with Crippen molar-refractivity contribution in [1.82, 2.24) is 24.6 Å². The highest BCUT2D eigenvalue weighted by Crippen LogP contribution is 2.41. The summed E-state index contributed by atoms with van der Waals surface area (Å²) in [7, 11) is 1.47. The molecule has 1 N–H and O–H groups in total. The van der Waals surface area contributed by atoms with E-state index in [1.54, 1.807) is 9.80 Å². The normalized spacial score (nSPS) is 18.6. The van der Waals surface area contributed by atoms with Crippen LogP contribution in [0.4, 0.5) is 18.9 Å². The van der Waals surface area contributed by atoms with Crippen molar-refractivity contribution >= 4 is 17.5 Å². The average molecular weight is 551 g/mol. The van der Waals surface area contributed by atoms with Crippen molar-refractivity contribution in [2.24, 2.45) is 0 Å². The van der Waals surface area contributed by atoms with Crippen molar-refractivity contribution in [2.75, 3.05) is 32.0 Å². The van der Waals surface area contributed by atoms with E-state index in [1.165, 1.54) is 31.5 Å². The maximum atomic E-state index is 13.9. The van der Waals surface area contributed by atoms with Crippen LogP contribution in [0.25, 0.3) is 5.69 Å². The summed E-state index contributed by atoms with van der Waals surface area (Å²) in [5, 5.41) is 7.67. The van der Waals surface area contributed by atoms with Gasteiger partial charge in [0.15, 0.2) is 0 Å². The summed E-state index contributed by atoms with van der Waals surface area (Å²) in [6.07, 6.45) is 1.04. The van der Waals surface area contributed by atoms with Crippen LogP contribution in [-0.4, -0.2) is 63.1 Å². The topological polar surface area (TPSA) is 83.4 Å². The highest BCUT2D eigenvalue weighted by Gasteiger charge is 2.41. The Labute approximate surface area is 229 Å². The number of pyridine rings is 1. The minimum atomic E-state index is -4.64. The molecule has 6 rings (SSSR count). The number of rotatable bonds is 5. The second-order valence-corrected chi connectivity index (χ2v) is 10.5. The molecule has 208 valence electrons. The van der Waals surface area contributed by atoms with Crippen LogP contribution in [0.1, 0.15) is 63.4 Å². The number of hydrogen-bond donors (Lipinski definition) is 1. The zero-order chi connectivity index (χ0) is 28.2. The second kappa shape index (κ2) is 9.79. The minimum absolute atomic E-state index is 0.0365. The van der Waals surface area contributed by atoms with Gasteiger partial charge in [0.2, 0.25) is 5.91 Å². The molecule has 0 unspecified atom stereocenters. The van der Waals surface area contributed by atoms with Gasteiger partial charge in [-0.1, -0.05) is 18.7 Å². The number of alkyl halides is 3. The first-order valence-corrected chi connectivity index (χ1v) is 13.4. The fraction of sp³-hybridized carbons (Fsp3) is 0.379. The van der Waals surface area contributed by atoms with Gasteiger partial charge in [0, 0.05) is 51.3 Å². The number of aromatic nitrogens is 3. The van der Waals surface area contributed by atoms with Gasteiger partial charge in [0.05, 0.1) is 34.4 Å². The number of carbonyl (C=O) groups is 2. The Kier molecular flexibility index (Phi) is 6.39. The number of nitrogens with zero attached hydrogens (tertiary/aromatic N) is 5. The third-order valence-corrected chi connectivity index (χ3v) is 8.04. The Morgan fingerprint density at radius 2 is 1.88 bits per heavy atom. The number of hydrogen-bond acceptors (Lipinski definition) is 5. The highest BCUT2D eigenvalue weighted by molar-refractivity contribution is 6.00. The Balaban J connectivity index is 1.40. The second-order valence-electron chi connectivity index (χ2n) is 10.5. The summed E-state index contributed by atoms with van der Waals surface area (Å²) in [4.78, 5) is 33.4. The van der Waals surface area contributed by atoms with E-state index >= 15 is 0 Å². The number of halogens is 3. The number of nitrogens with one attached hydrogen (secondary N) is 1. The van der Waals surface area contributed by atoms with Gasteiger partial charge < -0.3 is 15.1 Å². The lowest BCUT2D eigenvalue weighted by Crippen LogP contribution is -2.46. The third-order valence-electron chi connectivity index (χ3n) is 8.04. The predicted molar refractivity (Wildman–Crippen MR) is 142 cm³/mol. The van der Waals surface area contributed by atoms with Crippen molar-refractivity contribution in [3.05, 3.63) is 83.0 Å². The molecule has 0 radical (unpaired) electrons. The molecule has 1 saturated carbocycles. The number of carbonyl (C=O) groups excluding carboxylic acids is 2. The molecule has 2 amide bonds. The first kappa shape index (κ1) is 26.1. The average Bonchev–Trinajstić information content (AvgIpc) is 3.77. The van der Waals surface area contributed by atoms with E-state index in [4.69, 9.17) is 5.10 Å². The van der Waals surface area contributed by atoms with Gasteiger partial charge in [-0.3, -0.25) is 14.6 Å². The van der Waals surface area contributed by atoms with E-state index in [0.717, 1.165) is 34.9 Å². The lowest BCUT2D eigenvalue weighted by molar-refractivity contribution is -0.141. The van der Waals surface area contributed by atoms with Crippen molar-refractivity contribution in [3.63, 3.8) is 0 Å². The van der Waals surface area contributed by atoms with Crippen LogP contribution >= 0.6 is 0 Å². The van der Waals surface area contributed by atoms with Crippen molar-refractivity contribution in [1.29, 1.82) is 0 Å². The molecule has 1 atom stereocenters. The fourth-order valence-electron chi connectivity index (χ4n) is 5.83. The molecule has 0 saturated heterocycles. The van der Waals surface area contributed by atoms with E-state index in [9.17, 15) is 22.8 Å². The molecular weight excluding hydrogens is 521 g/mol. The standard InChI is InChI=1S/C29H29F3N6O2/c1-3-26(39)36-12-10-21-27-23(38(35-21)19-8-6-18(7-9-19)17-4-5-17)11-13-37(24(27)16-36)28(40)20-15-34-25(29(30,31)32)14-22(20)33-2/h3,6-9,14-15,17,24H,1,4-5,10-13,16H2,2H3,(H,33,34)/t24-/m0/s1. The van der Waals surface area contributed by atoms with Crippen molar-refractivity contribution < 1.29 is 22.8 Å². The summed E-state index contributed by atoms with van der Waals surface area (Å²) in [5.74, 6) is -0.0665. The summed E-state index contributed by atoms with van der Waals surface area (Å²) in [6.45, 7) is 4.57. The maximum Gasteiger partial charge on any atom is 0.433 e. The Hall–Kier alpha value is -4.15. The van der Waals surface area contributed by atoms with Crippen LogP contribution in [0, 0.1) is 0 Å². The van der Waals surface area contributed by atoms with Crippen LogP contribution in [0.3, 0.4) is 0 Å². The minimum Gasteiger partial charge on any atom is -0.387 e. The van der Waals surface area contributed by atoms with Crippen LogP contribution in [0.5, 0.6) is 0 Å². The molecule has 11 heteroatoms. The molecule has 3 aromatic rings. The molecule has 2 aromatic heterocycles. The molecule has 8 nitrogen and oxygen atoms in total. The molecule has 2 aliphatic heterocycles. The SMILES string of the molecule is C=CC(=O)N1CCc2nn(-c3ccc(C4CC4)cc3)c3c2[C@H](C1)N(C(=O)c1cnc(C(F)(F)F)cc1NC)CC3. The zero-order valence-corrected chi connectivity index (χ0v) is 22.0. The third kappa shape index (κ3) is 4.52. The maximum absolute atomic E-state index is 13.9. The van der Waals surface area contributed by atoms with E-state index in [0.29, 0.717) is 31.8 Å². The monoisotopic (exact) mass is 550 g/mol. The Morgan fingerprint density at radius 3 is 2.52 bits per heavy atom. The predicted octanol–water partition coefficient (Wildman–Crippen LogP) is 4.52. The lowest BCUT2D eigenvalue weighted by Gasteiger charge is -2.38. The highest BCUT2D eigenvalue weighted by atomic mass is 19.4. The summed E-state index contributed by atoms with van der Waals surface area (Å²) < 4.78 is 41.8. The summed E-state index contributed by atoms with van der Waals surface area (Å²) >= 11 is 0. The van der Waals surface area contributed by atoms with Gasteiger partial charge >= 0.3 is 6.18 Å². The van der Waals surface area contributed by atoms with Crippen LogP contribution in [0.15, 0.2) is 49.2 Å². The molecular formula is C29H29F3N6O2. The first-order valence-electron chi connectivity index (χ1n) is 13.4. The Morgan fingerprint density at radius 1 is 1.12 bits per heavy atom. The molecule has 0 bridgehead atoms. The molecule has 3 aliphatic rings. The van der Waals surface area contributed by atoms with Gasteiger partial charge in [-0.25, -0.2) is 4.68 Å². The van der Waals surface area contributed by atoms with E-state index < -0.39 is 23.8 Å². The number of anilines is 1. The van der Waals surface area contributed by atoms with Gasteiger partial charge in [0.1, 0.15) is 5.69 Å². The lowest BCUT2D eigenvalue weighted by atomic mass is 9.94. The summed E-state index contributed by atoms with van der Waals surface area (Å²) in [5.41, 5.74) is 3.95. The van der Waals surface area contributed by atoms with Gasteiger partial charge in [-0.05, 0) is 48.6 Å². The number of benzene rings is 1. The van der Waals surface area contributed by atoms with Crippen molar-refractivity contribution in [3.8, 4) is 5.69 Å². The number of amides is 2. The molecule has 1 aromatic carbocycles. The Bertz CT molecular complexity index is 1490. The molecule has 1 fully saturated rings. The zero-order valence-electron chi connectivity index (χ0n) is 22.0. The van der Waals surface area contributed by atoms with Crippen LogP contribution in [-0.2, 0) is 23.8 Å². The quantitative estimate of drug-likeness (QED) is 0.473. The molecule has 40 heavy (non-hydrogen) atoms. The van der Waals surface area contributed by atoms with Gasteiger partial charge in [-0.2, -0.15) is 18.3 Å². The summed E-state index contributed by atoms with van der Waals surface area (Å²) in [6, 6.07) is 8.75. The van der Waals surface area contributed by atoms with Crippen LogP contribution < -0.4 is 5.32 Å². The van der Waals surface area contributed by atoms with E-state index in [2.05, 4.69) is 41.1 Å². The van der Waals surface area contributed by atoms with Crippen molar-refractivity contribution in [2.45, 2.75) is 43.8 Å². The molecule has 4 heterocycles. The largest absolute Gasteiger partial charge is 0.433 e. The fourth-order valence-corrected chi connectivity index (χ4v) is 5.83. The molecule has 1 aliphatic carbocycles. The van der Waals surface area contributed by atoms with Crippen LogP contribution in [0.2, 0.25) is 0 Å². The van der Waals surface area contributed by atoms with E-state index in [1.807, 2.05) is 4.68 Å².